The first-order chi connectivity index (χ1) is 13.0. The summed E-state index contributed by atoms with van der Waals surface area (Å²) in [4.78, 5) is 10.4. The van der Waals surface area contributed by atoms with Gasteiger partial charge in [-0.1, -0.05) is 96.8 Å². The molecule has 0 radical (unpaired) electrons. The van der Waals surface area contributed by atoms with Crippen molar-refractivity contribution in [3.05, 3.63) is 0 Å². The van der Waals surface area contributed by atoms with E-state index in [1.54, 1.807) is 0 Å². The molecule has 0 aromatic carbocycles. The van der Waals surface area contributed by atoms with Crippen molar-refractivity contribution in [2.75, 3.05) is 11.5 Å². The molecule has 0 rings (SSSR count). The molecule has 0 atom stereocenters. The lowest BCUT2D eigenvalue weighted by atomic mass is 10.0. The van der Waals surface area contributed by atoms with Gasteiger partial charge in [0.25, 0.3) is 0 Å². The third-order valence-corrected chi connectivity index (χ3v) is 6.98. The normalized spacial score (nSPS) is 11.7. The van der Waals surface area contributed by atoms with Crippen molar-refractivity contribution in [3.63, 3.8) is 0 Å². The number of sulfone groups is 1. The average molecular weight is 405 g/mol. The van der Waals surface area contributed by atoms with Crippen molar-refractivity contribution in [2.45, 2.75) is 122 Å². The highest BCUT2D eigenvalue weighted by atomic mass is 32.2. The predicted octanol–water partition coefficient (Wildman–Crippen LogP) is 6.53. The Bertz CT molecular complexity index is 432. The Balaban J connectivity index is 3.18. The Morgan fingerprint density at radius 2 is 0.926 bits per heavy atom. The van der Waals surface area contributed by atoms with E-state index < -0.39 is 15.8 Å². The van der Waals surface area contributed by atoms with Gasteiger partial charge in [-0.3, -0.25) is 4.79 Å². The van der Waals surface area contributed by atoms with Gasteiger partial charge in [0, 0.05) is 6.42 Å². The summed E-state index contributed by atoms with van der Waals surface area (Å²) in [5.41, 5.74) is 0. The number of hydrogen-bond donors (Lipinski definition) is 1. The molecule has 0 unspecified atom stereocenters. The first-order valence-corrected chi connectivity index (χ1v) is 13.2. The van der Waals surface area contributed by atoms with Gasteiger partial charge < -0.3 is 5.11 Å². The first kappa shape index (κ1) is 26.4. The number of carbonyl (C=O) groups is 1. The zero-order chi connectivity index (χ0) is 20.2. The van der Waals surface area contributed by atoms with Crippen LogP contribution in [0.2, 0.25) is 0 Å². The van der Waals surface area contributed by atoms with Crippen molar-refractivity contribution in [2.24, 2.45) is 0 Å². The van der Waals surface area contributed by atoms with E-state index in [1.165, 1.54) is 70.6 Å². The van der Waals surface area contributed by atoms with Crippen LogP contribution in [0.1, 0.15) is 122 Å². The quantitative estimate of drug-likeness (QED) is 0.221. The van der Waals surface area contributed by atoms with Crippen LogP contribution in [0.3, 0.4) is 0 Å². The molecule has 5 heteroatoms. The van der Waals surface area contributed by atoms with E-state index in [0.29, 0.717) is 17.9 Å². The third kappa shape index (κ3) is 21.6. The second kappa shape index (κ2) is 18.8. The maximum atomic E-state index is 11.7. The van der Waals surface area contributed by atoms with Gasteiger partial charge in [-0.05, 0) is 19.3 Å². The highest BCUT2D eigenvalue weighted by Gasteiger charge is 2.08. The SMILES string of the molecule is CCCCS(=O)(=O)CCCCCCCCCCCCCCCCCC(=O)O. The standard InChI is InChI=1S/C22H44O4S/c1-2-3-20-27(25,26)21-18-16-14-12-10-8-6-4-5-7-9-11-13-15-17-19-22(23)24/h2-21H2,1H3,(H,23,24). The summed E-state index contributed by atoms with van der Waals surface area (Å²) < 4.78 is 23.5. The Morgan fingerprint density at radius 1 is 0.593 bits per heavy atom. The van der Waals surface area contributed by atoms with Gasteiger partial charge in [-0.2, -0.15) is 0 Å². The molecule has 0 aromatic rings. The number of carboxylic acids is 1. The number of rotatable bonds is 21. The fraction of sp³-hybridized carbons (Fsp3) is 0.955. The average Bonchev–Trinajstić information content (AvgIpc) is 2.62. The lowest BCUT2D eigenvalue weighted by Gasteiger charge is -2.04. The number of aliphatic carboxylic acids is 1. The second-order valence-corrected chi connectivity index (χ2v) is 10.3. The molecule has 0 spiro atoms. The van der Waals surface area contributed by atoms with Gasteiger partial charge in [0.05, 0.1) is 11.5 Å². The van der Waals surface area contributed by atoms with Crippen molar-refractivity contribution < 1.29 is 18.3 Å². The summed E-state index contributed by atoms with van der Waals surface area (Å²) in [5, 5.41) is 8.56. The third-order valence-electron chi connectivity index (χ3n) is 5.15. The zero-order valence-electron chi connectivity index (χ0n) is 17.7. The summed E-state index contributed by atoms with van der Waals surface area (Å²) in [6.45, 7) is 2.03. The fourth-order valence-electron chi connectivity index (χ4n) is 3.36. The highest BCUT2D eigenvalue weighted by molar-refractivity contribution is 7.91. The molecule has 0 aliphatic carbocycles. The van der Waals surface area contributed by atoms with Gasteiger partial charge in [-0.15, -0.1) is 0 Å². The Labute approximate surface area is 168 Å². The Hall–Kier alpha value is -0.580. The predicted molar refractivity (Wildman–Crippen MR) is 115 cm³/mol. The minimum Gasteiger partial charge on any atom is -0.481 e. The minimum absolute atomic E-state index is 0.318. The maximum absolute atomic E-state index is 11.7. The van der Waals surface area contributed by atoms with Crippen LogP contribution < -0.4 is 0 Å². The van der Waals surface area contributed by atoms with E-state index in [-0.39, 0.29) is 0 Å². The molecule has 0 saturated heterocycles. The molecule has 0 aromatic heterocycles. The number of carboxylic acid groups (broad SMARTS) is 1. The molecular weight excluding hydrogens is 360 g/mol. The molecule has 0 bridgehead atoms. The zero-order valence-corrected chi connectivity index (χ0v) is 18.5. The van der Waals surface area contributed by atoms with Crippen LogP contribution in [0, 0.1) is 0 Å². The Kier molecular flexibility index (Phi) is 18.4. The van der Waals surface area contributed by atoms with Crippen molar-refractivity contribution in [3.8, 4) is 0 Å². The monoisotopic (exact) mass is 404 g/mol. The fourth-order valence-corrected chi connectivity index (χ4v) is 4.94. The van der Waals surface area contributed by atoms with Crippen LogP contribution in [0.15, 0.2) is 0 Å². The molecule has 162 valence electrons. The van der Waals surface area contributed by atoms with E-state index in [0.717, 1.165) is 38.5 Å². The smallest absolute Gasteiger partial charge is 0.303 e. The molecular formula is C22H44O4S. The van der Waals surface area contributed by atoms with E-state index >= 15 is 0 Å². The van der Waals surface area contributed by atoms with Gasteiger partial charge in [-0.25, -0.2) is 8.42 Å². The topological polar surface area (TPSA) is 71.4 Å². The summed E-state index contributed by atoms with van der Waals surface area (Å²) >= 11 is 0. The first-order valence-electron chi connectivity index (χ1n) is 11.4. The van der Waals surface area contributed by atoms with Crippen LogP contribution >= 0.6 is 0 Å². The van der Waals surface area contributed by atoms with Crippen molar-refractivity contribution in [1.82, 2.24) is 0 Å². The molecule has 27 heavy (non-hydrogen) atoms. The number of unbranched alkanes of at least 4 members (excludes halogenated alkanes) is 15. The molecule has 0 fully saturated rings. The highest BCUT2D eigenvalue weighted by Crippen LogP contribution is 2.14. The van der Waals surface area contributed by atoms with Gasteiger partial charge in [0.15, 0.2) is 0 Å². The van der Waals surface area contributed by atoms with E-state index in [4.69, 9.17) is 5.11 Å². The van der Waals surface area contributed by atoms with Crippen LogP contribution in [-0.2, 0) is 14.6 Å². The van der Waals surface area contributed by atoms with E-state index in [2.05, 4.69) is 0 Å². The van der Waals surface area contributed by atoms with Gasteiger partial charge in [0.1, 0.15) is 9.84 Å². The maximum Gasteiger partial charge on any atom is 0.303 e. The lowest BCUT2D eigenvalue weighted by Crippen LogP contribution is -2.10. The van der Waals surface area contributed by atoms with Gasteiger partial charge >= 0.3 is 5.97 Å². The van der Waals surface area contributed by atoms with Crippen LogP contribution in [0.25, 0.3) is 0 Å². The molecule has 1 N–H and O–H groups in total. The Morgan fingerprint density at radius 3 is 1.30 bits per heavy atom. The van der Waals surface area contributed by atoms with E-state index in [1.807, 2.05) is 6.92 Å². The summed E-state index contributed by atoms with van der Waals surface area (Å²) in [7, 11) is -2.79. The van der Waals surface area contributed by atoms with Crippen LogP contribution in [0.5, 0.6) is 0 Å². The number of hydrogen-bond acceptors (Lipinski definition) is 3. The summed E-state index contributed by atoms with van der Waals surface area (Å²) in [6.07, 6.45) is 19.8. The lowest BCUT2D eigenvalue weighted by molar-refractivity contribution is -0.137. The van der Waals surface area contributed by atoms with Crippen LogP contribution in [0.4, 0.5) is 0 Å². The molecule has 0 aliphatic rings. The van der Waals surface area contributed by atoms with Crippen LogP contribution in [-0.4, -0.2) is 31.0 Å². The molecule has 0 amide bonds. The minimum atomic E-state index is -2.79. The molecule has 0 aliphatic heterocycles. The molecule has 0 heterocycles. The molecule has 0 saturated carbocycles. The summed E-state index contributed by atoms with van der Waals surface area (Å²) in [5.74, 6) is 0.0752. The summed E-state index contributed by atoms with van der Waals surface area (Å²) in [6, 6.07) is 0. The van der Waals surface area contributed by atoms with Crippen molar-refractivity contribution in [1.29, 1.82) is 0 Å². The largest absolute Gasteiger partial charge is 0.481 e. The van der Waals surface area contributed by atoms with E-state index in [9.17, 15) is 13.2 Å². The second-order valence-electron chi connectivity index (χ2n) is 7.95. The molecule has 4 nitrogen and oxygen atoms in total. The van der Waals surface area contributed by atoms with Crippen molar-refractivity contribution >= 4 is 15.8 Å². The van der Waals surface area contributed by atoms with Gasteiger partial charge in [0.2, 0.25) is 0 Å².